The van der Waals surface area contributed by atoms with Crippen LogP contribution in [0.15, 0.2) is 97.1 Å². The van der Waals surface area contributed by atoms with E-state index in [2.05, 4.69) is 18.2 Å². The number of aromatic hydroxyl groups is 1. The summed E-state index contributed by atoms with van der Waals surface area (Å²) in [5.74, 6) is 0.294. The molecule has 4 aromatic carbocycles. The van der Waals surface area contributed by atoms with Gasteiger partial charge in [0.1, 0.15) is 10.8 Å². The Morgan fingerprint density at radius 2 is 1.18 bits per heavy atom. The molecule has 0 unspecified atom stereocenters. The molecular weight excluding hydrogens is 362 g/mol. The Kier molecular flexibility index (Phi) is 4.15. The Hall–Kier alpha value is -3.43. The van der Waals surface area contributed by atoms with Crippen LogP contribution in [-0.4, -0.2) is 10.1 Å². The average Bonchev–Trinajstić information content (AvgIpc) is 3.20. The summed E-state index contributed by atoms with van der Waals surface area (Å²) < 4.78 is 0.817. The maximum Gasteiger partial charge on any atom is 0.143 e. The highest BCUT2D eigenvalue weighted by Crippen LogP contribution is 2.46. The van der Waals surface area contributed by atoms with Gasteiger partial charge in [-0.2, -0.15) is 0 Å². The molecule has 0 bridgehead atoms. The number of thiazole rings is 1. The Balaban J connectivity index is 1.81. The molecular formula is C25H17NOS. The van der Waals surface area contributed by atoms with Crippen LogP contribution >= 0.6 is 11.3 Å². The molecule has 0 radical (unpaired) electrons. The Labute approximate surface area is 167 Å². The van der Waals surface area contributed by atoms with Crippen LogP contribution in [0, 0.1) is 0 Å². The van der Waals surface area contributed by atoms with Gasteiger partial charge in [-0.1, -0.05) is 91.0 Å². The van der Waals surface area contributed by atoms with Gasteiger partial charge in [0.15, 0.2) is 0 Å². The van der Waals surface area contributed by atoms with E-state index in [1.807, 2.05) is 78.9 Å². The molecule has 134 valence electrons. The lowest BCUT2D eigenvalue weighted by Crippen LogP contribution is -1.87. The van der Waals surface area contributed by atoms with Gasteiger partial charge in [-0.15, -0.1) is 11.3 Å². The molecule has 28 heavy (non-hydrogen) atoms. The quantitative estimate of drug-likeness (QED) is 0.366. The fourth-order valence-corrected chi connectivity index (χ4v) is 4.50. The SMILES string of the molecule is Oc1c(-c2ccccc2)c(-c2ccccc2)cc2nc(-c3ccccc3)sc12. The summed E-state index contributed by atoms with van der Waals surface area (Å²) in [5.41, 5.74) is 5.78. The Bertz CT molecular complexity index is 1250. The molecule has 3 heteroatoms. The van der Waals surface area contributed by atoms with Gasteiger partial charge < -0.3 is 5.11 Å². The van der Waals surface area contributed by atoms with Crippen molar-refractivity contribution >= 4 is 21.6 Å². The van der Waals surface area contributed by atoms with Crippen LogP contribution in [0.2, 0.25) is 0 Å². The third-order valence-electron chi connectivity index (χ3n) is 4.82. The molecule has 5 aromatic rings. The van der Waals surface area contributed by atoms with Crippen LogP contribution in [0.4, 0.5) is 0 Å². The second-order valence-electron chi connectivity index (χ2n) is 6.61. The maximum atomic E-state index is 11.3. The molecule has 1 aromatic heterocycles. The first-order valence-corrected chi connectivity index (χ1v) is 9.95. The van der Waals surface area contributed by atoms with Gasteiger partial charge in [0.2, 0.25) is 0 Å². The Morgan fingerprint density at radius 1 is 0.643 bits per heavy atom. The largest absolute Gasteiger partial charge is 0.506 e. The molecule has 0 aliphatic heterocycles. The molecule has 0 aliphatic rings. The van der Waals surface area contributed by atoms with Crippen LogP contribution in [0.1, 0.15) is 0 Å². The third-order valence-corrected chi connectivity index (χ3v) is 5.95. The lowest BCUT2D eigenvalue weighted by molar-refractivity contribution is 0.484. The van der Waals surface area contributed by atoms with Crippen molar-refractivity contribution in [3.8, 4) is 38.6 Å². The molecule has 0 spiro atoms. The zero-order valence-corrected chi connectivity index (χ0v) is 15.9. The summed E-state index contributed by atoms with van der Waals surface area (Å²) in [4.78, 5) is 4.82. The van der Waals surface area contributed by atoms with E-state index in [1.54, 1.807) is 0 Å². The first-order chi connectivity index (χ1) is 13.8. The summed E-state index contributed by atoms with van der Waals surface area (Å²) in [6, 6.07) is 32.4. The predicted molar refractivity (Wildman–Crippen MR) is 118 cm³/mol. The van der Waals surface area contributed by atoms with Crippen LogP contribution in [0.5, 0.6) is 5.75 Å². The minimum atomic E-state index is 0.294. The van der Waals surface area contributed by atoms with Crippen molar-refractivity contribution in [2.75, 3.05) is 0 Å². The average molecular weight is 379 g/mol. The highest BCUT2D eigenvalue weighted by molar-refractivity contribution is 7.22. The van der Waals surface area contributed by atoms with Gasteiger partial charge in [0.05, 0.1) is 10.2 Å². The number of aromatic nitrogens is 1. The van der Waals surface area contributed by atoms with E-state index >= 15 is 0 Å². The van der Waals surface area contributed by atoms with Crippen molar-refractivity contribution in [3.05, 3.63) is 97.1 Å². The van der Waals surface area contributed by atoms with Crippen LogP contribution in [0.3, 0.4) is 0 Å². The van der Waals surface area contributed by atoms with E-state index in [4.69, 9.17) is 4.98 Å². The minimum absolute atomic E-state index is 0.294. The van der Waals surface area contributed by atoms with Crippen molar-refractivity contribution in [3.63, 3.8) is 0 Å². The second-order valence-corrected chi connectivity index (χ2v) is 7.61. The fraction of sp³-hybridized carbons (Fsp3) is 0. The summed E-state index contributed by atoms with van der Waals surface area (Å²) in [5, 5.41) is 12.2. The number of fused-ring (bicyclic) bond motifs is 1. The van der Waals surface area contributed by atoms with Crippen molar-refractivity contribution in [2.45, 2.75) is 0 Å². The maximum absolute atomic E-state index is 11.3. The van der Waals surface area contributed by atoms with Crippen LogP contribution < -0.4 is 0 Å². The van der Waals surface area contributed by atoms with Crippen molar-refractivity contribution in [1.82, 2.24) is 4.98 Å². The summed E-state index contributed by atoms with van der Waals surface area (Å²) in [6.07, 6.45) is 0. The highest BCUT2D eigenvalue weighted by Gasteiger charge is 2.19. The smallest absolute Gasteiger partial charge is 0.143 e. The molecule has 0 amide bonds. The van der Waals surface area contributed by atoms with Gasteiger partial charge in [0.25, 0.3) is 0 Å². The number of phenolic OH excluding ortho intramolecular Hbond substituents is 1. The number of nitrogens with zero attached hydrogens (tertiary/aromatic N) is 1. The summed E-state index contributed by atoms with van der Waals surface area (Å²) >= 11 is 1.53. The molecule has 0 aliphatic carbocycles. The zero-order valence-electron chi connectivity index (χ0n) is 15.0. The lowest BCUT2D eigenvalue weighted by atomic mass is 9.93. The number of hydrogen-bond acceptors (Lipinski definition) is 3. The van der Waals surface area contributed by atoms with Crippen molar-refractivity contribution < 1.29 is 5.11 Å². The van der Waals surface area contributed by atoms with Gasteiger partial charge >= 0.3 is 0 Å². The van der Waals surface area contributed by atoms with Crippen molar-refractivity contribution in [1.29, 1.82) is 0 Å². The monoisotopic (exact) mass is 379 g/mol. The normalized spacial score (nSPS) is 11.0. The number of rotatable bonds is 3. The minimum Gasteiger partial charge on any atom is -0.506 e. The second kappa shape index (κ2) is 6.95. The zero-order chi connectivity index (χ0) is 18.9. The fourth-order valence-electron chi connectivity index (χ4n) is 3.50. The van der Waals surface area contributed by atoms with Gasteiger partial charge in [-0.05, 0) is 22.8 Å². The van der Waals surface area contributed by atoms with Gasteiger partial charge in [-0.3, -0.25) is 0 Å². The predicted octanol–water partition coefficient (Wildman–Crippen LogP) is 7.00. The van der Waals surface area contributed by atoms with E-state index in [0.29, 0.717) is 5.75 Å². The molecule has 0 atom stereocenters. The third kappa shape index (κ3) is 2.86. The standard InChI is InChI=1S/C25H17NOS/c27-23-22(18-12-6-2-7-13-18)20(17-10-4-1-5-11-17)16-21-24(23)28-25(26-21)19-14-8-3-9-15-19/h1-16,27H. The van der Waals surface area contributed by atoms with Gasteiger partial charge in [0, 0.05) is 11.1 Å². The number of benzene rings is 4. The molecule has 5 rings (SSSR count). The number of phenols is 1. The summed E-state index contributed by atoms with van der Waals surface area (Å²) in [7, 11) is 0. The van der Waals surface area contributed by atoms with E-state index in [-0.39, 0.29) is 0 Å². The first kappa shape index (κ1) is 16.7. The van der Waals surface area contributed by atoms with E-state index in [9.17, 15) is 5.11 Å². The topological polar surface area (TPSA) is 33.1 Å². The molecule has 1 N–H and O–H groups in total. The first-order valence-electron chi connectivity index (χ1n) is 9.14. The van der Waals surface area contributed by atoms with Crippen LogP contribution in [0.25, 0.3) is 43.0 Å². The lowest BCUT2D eigenvalue weighted by Gasteiger charge is -2.13. The van der Waals surface area contributed by atoms with E-state index < -0.39 is 0 Å². The van der Waals surface area contributed by atoms with E-state index in [1.165, 1.54) is 11.3 Å². The Morgan fingerprint density at radius 3 is 1.79 bits per heavy atom. The molecule has 1 heterocycles. The van der Waals surface area contributed by atoms with E-state index in [0.717, 1.165) is 43.0 Å². The number of hydrogen-bond donors (Lipinski definition) is 1. The molecule has 0 fully saturated rings. The van der Waals surface area contributed by atoms with Gasteiger partial charge in [-0.25, -0.2) is 4.98 Å². The highest BCUT2D eigenvalue weighted by atomic mass is 32.1. The van der Waals surface area contributed by atoms with Crippen LogP contribution in [-0.2, 0) is 0 Å². The molecule has 0 saturated heterocycles. The summed E-state index contributed by atoms with van der Waals surface area (Å²) in [6.45, 7) is 0. The van der Waals surface area contributed by atoms with Crippen molar-refractivity contribution in [2.24, 2.45) is 0 Å². The molecule has 2 nitrogen and oxygen atoms in total. The molecule has 0 saturated carbocycles.